The molecule has 0 aromatic carbocycles. The van der Waals surface area contributed by atoms with E-state index in [4.69, 9.17) is 4.12 Å². The van der Waals surface area contributed by atoms with Crippen molar-refractivity contribution in [1.82, 2.24) is 0 Å². The Balaban J connectivity index is 0. The maximum absolute atomic E-state index is 5.90. The molecule has 0 saturated carbocycles. The smallest absolute Gasteiger partial charge is 0.170 e. The average molecular weight is 185 g/mol. The van der Waals surface area contributed by atoms with Crippen LogP contribution in [0.5, 0.6) is 0 Å². The van der Waals surface area contributed by atoms with Gasteiger partial charge in [-0.2, -0.15) is 0 Å². The van der Waals surface area contributed by atoms with Crippen molar-refractivity contribution >= 4 is 46.2 Å². The maximum atomic E-state index is 5.90. The second-order valence-electron chi connectivity index (χ2n) is 4.33. The first-order chi connectivity index (χ1) is 3.71. The summed E-state index contributed by atoms with van der Waals surface area (Å²) in [6, 6.07) is 0. The molecule has 4 heteroatoms. The van der Waals surface area contributed by atoms with Crippen LogP contribution in [0.1, 0.15) is 0 Å². The Morgan fingerprint density at radius 1 is 0.700 bits per heavy atom. The third-order valence-electron chi connectivity index (χ3n) is 0.612. The molecule has 0 N–H and O–H groups in total. The summed E-state index contributed by atoms with van der Waals surface area (Å²) >= 11 is 0. The van der Waals surface area contributed by atoms with Gasteiger partial charge in [0.05, 0.1) is 0 Å². The Bertz CT molecular complexity index is 80.9. The second-order valence-corrected chi connectivity index (χ2v) is 13.6. The standard InChI is InChI=1S/C6H18OSi2.Na/c1-8(2,3)7-9(4,5)6;/h1-6H3;. The van der Waals surface area contributed by atoms with E-state index in [2.05, 4.69) is 39.3 Å². The Morgan fingerprint density at radius 3 is 0.900 bits per heavy atom. The van der Waals surface area contributed by atoms with Crippen molar-refractivity contribution in [3.05, 3.63) is 0 Å². The number of hydrogen-bond donors (Lipinski definition) is 0. The fourth-order valence-corrected chi connectivity index (χ4v) is 8.27. The van der Waals surface area contributed by atoms with E-state index in [1.807, 2.05) is 0 Å². The zero-order valence-corrected chi connectivity index (χ0v) is 12.4. The van der Waals surface area contributed by atoms with Crippen molar-refractivity contribution in [3.8, 4) is 0 Å². The summed E-state index contributed by atoms with van der Waals surface area (Å²) in [5.41, 5.74) is 0. The molecule has 0 rings (SSSR count). The molecule has 0 unspecified atom stereocenters. The van der Waals surface area contributed by atoms with Crippen molar-refractivity contribution < 1.29 is 4.12 Å². The topological polar surface area (TPSA) is 9.23 Å². The molecule has 0 heterocycles. The molecule has 0 spiro atoms. The van der Waals surface area contributed by atoms with Gasteiger partial charge in [-0.25, -0.2) is 0 Å². The summed E-state index contributed by atoms with van der Waals surface area (Å²) in [6.07, 6.45) is 0. The third kappa shape index (κ3) is 12.1. The van der Waals surface area contributed by atoms with Gasteiger partial charge < -0.3 is 4.12 Å². The van der Waals surface area contributed by atoms with E-state index in [-0.39, 0.29) is 29.6 Å². The zero-order chi connectivity index (χ0) is 7.71. The van der Waals surface area contributed by atoms with Gasteiger partial charge in [0, 0.05) is 29.6 Å². The van der Waals surface area contributed by atoms with Crippen LogP contribution in [0.3, 0.4) is 0 Å². The molecular formula is C6H18NaOSi2. The minimum atomic E-state index is -1.23. The Labute approximate surface area is 89.1 Å². The molecule has 0 aliphatic heterocycles. The molecule has 0 aromatic rings. The SMILES string of the molecule is C[Si](C)(C)O[Si](C)(C)C.[Na]. The maximum Gasteiger partial charge on any atom is 0.170 e. The molecule has 0 aliphatic rings. The first-order valence-electron chi connectivity index (χ1n) is 3.41. The van der Waals surface area contributed by atoms with Crippen LogP contribution < -0.4 is 0 Å². The largest absolute Gasteiger partial charge is 0.456 e. The van der Waals surface area contributed by atoms with Gasteiger partial charge in [0.2, 0.25) is 0 Å². The monoisotopic (exact) mass is 185 g/mol. The zero-order valence-electron chi connectivity index (χ0n) is 8.41. The van der Waals surface area contributed by atoms with Gasteiger partial charge in [-0.15, -0.1) is 0 Å². The van der Waals surface area contributed by atoms with Crippen molar-refractivity contribution in [2.24, 2.45) is 0 Å². The van der Waals surface area contributed by atoms with Gasteiger partial charge in [-0.3, -0.25) is 0 Å². The predicted molar refractivity (Wildman–Crippen MR) is 53.5 cm³/mol. The summed E-state index contributed by atoms with van der Waals surface area (Å²) < 4.78 is 5.90. The number of hydrogen-bond acceptors (Lipinski definition) is 1. The molecule has 0 amide bonds. The van der Waals surface area contributed by atoms with Gasteiger partial charge in [0.1, 0.15) is 0 Å². The van der Waals surface area contributed by atoms with Crippen LogP contribution in [0.15, 0.2) is 0 Å². The van der Waals surface area contributed by atoms with Gasteiger partial charge in [0.15, 0.2) is 16.6 Å². The van der Waals surface area contributed by atoms with Crippen LogP contribution in [-0.2, 0) is 4.12 Å². The van der Waals surface area contributed by atoms with E-state index in [0.717, 1.165) is 0 Å². The van der Waals surface area contributed by atoms with E-state index < -0.39 is 16.6 Å². The van der Waals surface area contributed by atoms with E-state index in [0.29, 0.717) is 0 Å². The van der Waals surface area contributed by atoms with Crippen LogP contribution >= 0.6 is 0 Å². The Kier molecular flexibility index (Phi) is 6.18. The third-order valence-corrected chi connectivity index (χ3v) is 5.51. The van der Waals surface area contributed by atoms with Crippen molar-refractivity contribution in [2.75, 3.05) is 0 Å². The van der Waals surface area contributed by atoms with E-state index >= 15 is 0 Å². The van der Waals surface area contributed by atoms with Gasteiger partial charge >= 0.3 is 0 Å². The Morgan fingerprint density at radius 2 is 0.900 bits per heavy atom. The molecule has 57 valence electrons. The van der Waals surface area contributed by atoms with Crippen molar-refractivity contribution in [1.29, 1.82) is 0 Å². The van der Waals surface area contributed by atoms with Gasteiger partial charge in [-0.05, 0) is 39.3 Å². The fourth-order valence-electron chi connectivity index (χ4n) is 0.919. The summed E-state index contributed by atoms with van der Waals surface area (Å²) in [5.74, 6) is 0. The summed E-state index contributed by atoms with van der Waals surface area (Å²) in [5, 5.41) is 0. The number of rotatable bonds is 2. The van der Waals surface area contributed by atoms with Gasteiger partial charge in [-0.1, -0.05) is 0 Å². The quantitative estimate of drug-likeness (QED) is 0.600. The van der Waals surface area contributed by atoms with Gasteiger partial charge in [0.25, 0.3) is 0 Å². The van der Waals surface area contributed by atoms with Crippen LogP contribution in [-0.4, -0.2) is 46.2 Å². The van der Waals surface area contributed by atoms with E-state index in [1.54, 1.807) is 0 Å². The molecule has 0 fully saturated rings. The van der Waals surface area contributed by atoms with E-state index in [9.17, 15) is 0 Å². The summed E-state index contributed by atoms with van der Waals surface area (Å²) in [4.78, 5) is 0. The molecule has 0 atom stereocenters. The Hall–Kier alpha value is 1.39. The average Bonchev–Trinajstić information content (AvgIpc) is 1.14. The minimum absolute atomic E-state index is 0. The molecular weight excluding hydrogens is 167 g/mol. The molecule has 1 radical (unpaired) electrons. The van der Waals surface area contributed by atoms with E-state index in [1.165, 1.54) is 0 Å². The molecule has 0 aromatic heterocycles. The van der Waals surface area contributed by atoms with Crippen LogP contribution in [0.2, 0.25) is 39.3 Å². The molecule has 0 aliphatic carbocycles. The predicted octanol–water partition coefficient (Wildman–Crippen LogP) is 2.29. The fraction of sp³-hybridized carbons (Fsp3) is 1.00. The first-order valence-corrected chi connectivity index (χ1v) is 10.2. The minimum Gasteiger partial charge on any atom is -0.456 e. The molecule has 1 nitrogen and oxygen atoms in total. The normalized spacial score (nSPS) is 12.6. The van der Waals surface area contributed by atoms with Crippen molar-refractivity contribution in [3.63, 3.8) is 0 Å². The second kappa shape index (κ2) is 4.43. The molecule has 10 heavy (non-hydrogen) atoms. The van der Waals surface area contributed by atoms with Crippen LogP contribution in [0.25, 0.3) is 0 Å². The molecule has 0 saturated heterocycles. The summed E-state index contributed by atoms with van der Waals surface area (Å²) in [6.45, 7) is 13.4. The summed E-state index contributed by atoms with van der Waals surface area (Å²) in [7, 11) is -2.46. The first kappa shape index (κ1) is 13.9. The van der Waals surface area contributed by atoms with Crippen molar-refractivity contribution in [2.45, 2.75) is 39.3 Å². The van der Waals surface area contributed by atoms with Crippen LogP contribution in [0, 0.1) is 0 Å². The molecule has 0 bridgehead atoms. The van der Waals surface area contributed by atoms with Crippen LogP contribution in [0.4, 0.5) is 0 Å².